The standard InChI is InChI=1S/C22H43NO2.H2O/c1-4-5-6-7-8-9-10-11-12-13-14-15-16-17-18-20(19-21(24)25)22(2,3)23;/h11-12,20H,4-10,13-19,23H2,1-3H3,(H,24,25);1H2. The molecule has 0 aliphatic carbocycles. The molecule has 4 heteroatoms. The molecule has 1 unspecified atom stereocenters. The molecule has 0 aromatic rings. The van der Waals surface area contributed by atoms with Crippen molar-refractivity contribution in [1.29, 1.82) is 0 Å². The van der Waals surface area contributed by atoms with Crippen LogP contribution in [0.15, 0.2) is 12.2 Å². The lowest BCUT2D eigenvalue weighted by atomic mass is 9.82. The third kappa shape index (κ3) is 17.9. The minimum atomic E-state index is -0.737. The second kappa shape index (κ2) is 17.5. The van der Waals surface area contributed by atoms with E-state index in [-0.39, 0.29) is 17.8 Å². The predicted octanol–water partition coefficient (Wildman–Crippen LogP) is 5.64. The molecular formula is C22H45NO3. The fourth-order valence-corrected chi connectivity index (χ4v) is 3.23. The summed E-state index contributed by atoms with van der Waals surface area (Å²) in [5, 5.41) is 9.00. The van der Waals surface area contributed by atoms with Crippen LogP contribution in [-0.2, 0) is 4.79 Å². The van der Waals surface area contributed by atoms with Gasteiger partial charge in [-0.25, -0.2) is 0 Å². The van der Waals surface area contributed by atoms with Crippen LogP contribution in [0.1, 0.15) is 111 Å². The molecule has 0 saturated heterocycles. The Kier molecular flexibility index (Phi) is 18.4. The zero-order chi connectivity index (χ0) is 19.0. The second-order valence-corrected chi connectivity index (χ2v) is 8.14. The first-order chi connectivity index (χ1) is 11.9. The number of allylic oxidation sites excluding steroid dienone is 2. The molecule has 0 rings (SSSR count). The molecule has 156 valence electrons. The first-order valence-corrected chi connectivity index (χ1v) is 10.5. The van der Waals surface area contributed by atoms with E-state index >= 15 is 0 Å². The average Bonchev–Trinajstić information content (AvgIpc) is 2.52. The summed E-state index contributed by atoms with van der Waals surface area (Å²) in [6.45, 7) is 6.14. The monoisotopic (exact) mass is 371 g/mol. The first-order valence-electron chi connectivity index (χ1n) is 10.5. The smallest absolute Gasteiger partial charge is 0.303 e. The van der Waals surface area contributed by atoms with Crippen LogP contribution in [0.5, 0.6) is 0 Å². The minimum Gasteiger partial charge on any atom is -0.481 e. The van der Waals surface area contributed by atoms with Crippen LogP contribution in [-0.4, -0.2) is 22.1 Å². The van der Waals surface area contributed by atoms with E-state index in [2.05, 4.69) is 19.1 Å². The number of hydrogen-bond acceptors (Lipinski definition) is 2. The molecule has 0 spiro atoms. The molecule has 0 radical (unpaired) electrons. The van der Waals surface area contributed by atoms with Gasteiger partial charge in [0.15, 0.2) is 0 Å². The van der Waals surface area contributed by atoms with Crippen LogP contribution >= 0.6 is 0 Å². The van der Waals surface area contributed by atoms with Gasteiger partial charge in [0.1, 0.15) is 0 Å². The summed E-state index contributed by atoms with van der Waals surface area (Å²) in [5.41, 5.74) is 5.70. The Hall–Kier alpha value is -0.870. The molecule has 0 aromatic carbocycles. The van der Waals surface area contributed by atoms with Gasteiger partial charge in [0.05, 0.1) is 0 Å². The van der Waals surface area contributed by atoms with E-state index in [4.69, 9.17) is 10.8 Å². The topological polar surface area (TPSA) is 94.8 Å². The molecule has 1 atom stereocenters. The van der Waals surface area contributed by atoms with Crippen LogP contribution in [0.2, 0.25) is 0 Å². The molecule has 0 aliphatic rings. The number of unbranched alkanes of at least 4 members (excludes halogenated alkanes) is 10. The highest BCUT2D eigenvalue weighted by atomic mass is 16.4. The Morgan fingerprint density at radius 2 is 1.38 bits per heavy atom. The Morgan fingerprint density at radius 1 is 0.923 bits per heavy atom. The molecule has 26 heavy (non-hydrogen) atoms. The molecule has 0 heterocycles. The summed E-state index contributed by atoms with van der Waals surface area (Å²) in [5.74, 6) is -0.666. The first kappa shape index (κ1) is 27.3. The van der Waals surface area contributed by atoms with Gasteiger partial charge < -0.3 is 16.3 Å². The van der Waals surface area contributed by atoms with E-state index in [0.29, 0.717) is 0 Å². The summed E-state index contributed by atoms with van der Waals surface area (Å²) < 4.78 is 0. The van der Waals surface area contributed by atoms with E-state index in [0.717, 1.165) is 12.8 Å². The zero-order valence-electron chi connectivity index (χ0n) is 17.6. The van der Waals surface area contributed by atoms with Crippen LogP contribution in [0, 0.1) is 5.92 Å². The maximum absolute atomic E-state index is 10.9. The fraction of sp³-hybridized carbons (Fsp3) is 0.864. The number of rotatable bonds is 17. The highest BCUT2D eigenvalue weighted by Crippen LogP contribution is 2.24. The number of carbonyl (C=O) groups is 1. The highest BCUT2D eigenvalue weighted by molar-refractivity contribution is 5.67. The Labute approximate surface area is 161 Å². The van der Waals surface area contributed by atoms with Gasteiger partial charge in [0.2, 0.25) is 0 Å². The SMILES string of the molecule is CCCCCCCCC=CCCCCCCC(CC(=O)O)C(C)(C)N.O. The summed E-state index contributed by atoms with van der Waals surface area (Å²) in [7, 11) is 0. The normalized spacial score (nSPS) is 12.9. The third-order valence-corrected chi connectivity index (χ3v) is 5.04. The summed E-state index contributed by atoms with van der Waals surface area (Å²) >= 11 is 0. The number of carboxylic acids is 1. The Morgan fingerprint density at radius 3 is 1.85 bits per heavy atom. The van der Waals surface area contributed by atoms with Gasteiger partial charge in [-0.3, -0.25) is 4.79 Å². The molecule has 0 bridgehead atoms. The van der Waals surface area contributed by atoms with E-state index in [9.17, 15) is 4.79 Å². The third-order valence-electron chi connectivity index (χ3n) is 5.04. The van der Waals surface area contributed by atoms with Crippen molar-refractivity contribution in [1.82, 2.24) is 0 Å². The molecule has 0 amide bonds. The molecule has 0 saturated carbocycles. The largest absolute Gasteiger partial charge is 0.481 e. The van der Waals surface area contributed by atoms with E-state index in [1.807, 2.05) is 13.8 Å². The highest BCUT2D eigenvalue weighted by Gasteiger charge is 2.26. The average molecular weight is 372 g/mol. The van der Waals surface area contributed by atoms with Crippen LogP contribution in [0.25, 0.3) is 0 Å². The summed E-state index contributed by atoms with van der Waals surface area (Å²) in [4.78, 5) is 10.9. The van der Waals surface area contributed by atoms with Crippen molar-refractivity contribution < 1.29 is 15.4 Å². The van der Waals surface area contributed by atoms with Crippen molar-refractivity contribution in [3.8, 4) is 0 Å². The van der Waals surface area contributed by atoms with Crippen LogP contribution in [0.3, 0.4) is 0 Å². The van der Waals surface area contributed by atoms with Crippen molar-refractivity contribution in [2.45, 2.75) is 116 Å². The van der Waals surface area contributed by atoms with E-state index in [1.165, 1.54) is 70.6 Å². The van der Waals surface area contributed by atoms with Crippen molar-refractivity contribution in [2.24, 2.45) is 11.7 Å². The van der Waals surface area contributed by atoms with Gasteiger partial charge in [-0.2, -0.15) is 0 Å². The van der Waals surface area contributed by atoms with Crippen molar-refractivity contribution >= 4 is 5.97 Å². The van der Waals surface area contributed by atoms with Gasteiger partial charge in [0.25, 0.3) is 0 Å². The maximum atomic E-state index is 10.9. The molecule has 5 N–H and O–H groups in total. The number of carboxylic acid groups (broad SMARTS) is 1. The lowest BCUT2D eigenvalue weighted by molar-refractivity contribution is -0.138. The fourth-order valence-electron chi connectivity index (χ4n) is 3.23. The van der Waals surface area contributed by atoms with Gasteiger partial charge in [-0.15, -0.1) is 0 Å². The Balaban J connectivity index is 0. The number of nitrogens with two attached hydrogens (primary N) is 1. The van der Waals surface area contributed by atoms with Gasteiger partial charge in [0, 0.05) is 12.0 Å². The van der Waals surface area contributed by atoms with Gasteiger partial charge >= 0.3 is 5.97 Å². The molecule has 0 fully saturated rings. The van der Waals surface area contributed by atoms with E-state index < -0.39 is 11.5 Å². The Bertz CT molecular complexity index is 348. The van der Waals surface area contributed by atoms with Crippen molar-refractivity contribution in [2.75, 3.05) is 0 Å². The number of aliphatic carboxylic acids is 1. The summed E-state index contributed by atoms with van der Waals surface area (Å²) in [6.07, 6.45) is 21.1. The predicted molar refractivity (Wildman–Crippen MR) is 112 cm³/mol. The molecule has 0 aliphatic heterocycles. The number of hydrogen-bond donors (Lipinski definition) is 2. The molecule has 0 aromatic heterocycles. The zero-order valence-corrected chi connectivity index (χ0v) is 17.6. The van der Waals surface area contributed by atoms with Gasteiger partial charge in [-0.05, 0) is 51.9 Å². The molecular weight excluding hydrogens is 326 g/mol. The minimum absolute atomic E-state index is 0. The second-order valence-electron chi connectivity index (χ2n) is 8.14. The lowest BCUT2D eigenvalue weighted by Gasteiger charge is -2.29. The lowest BCUT2D eigenvalue weighted by Crippen LogP contribution is -2.41. The van der Waals surface area contributed by atoms with Crippen LogP contribution < -0.4 is 5.73 Å². The van der Waals surface area contributed by atoms with Crippen LogP contribution in [0.4, 0.5) is 0 Å². The van der Waals surface area contributed by atoms with E-state index in [1.54, 1.807) is 0 Å². The molecule has 4 nitrogen and oxygen atoms in total. The quantitative estimate of drug-likeness (QED) is 0.256. The van der Waals surface area contributed by atoms with Gasteiger partial charge in [-0.1, -0.05) is 70.4 Å². The maximum Gasteiger partial charge on any atom is 0.303 e. The van der Waals surface area contributed by atoms with Crippen molar-refractivity contribution in [3.63, 3.8) is 0 Å². The summed E-state index contributed by atoms with van der Waals surface area (Å²) in [6, 6.07) is 0. The van der Waals surface area contributed by atoms with Crippen molar-refractivity contribution in [3.05, 3.63) is 12.2 Å².